The molecule has 10 heteroatoms. The number of methoxy groups -OCH3 is 1. The third kappa shape index (κ3) is 5.96. The van der Waals surface area contributed by atoms with Gasteiger partial charge in [0.1, 0.15) is 16.7 Å². The van der Waals surface area contributed by atoms with Gasteiger partial charge in [-0.3, -0.25) is 10.1 Å². The Hall–Kier alpha value is -3.11. The Morgan fingerprint density at radius 1 is 1.06 bits per heavy atom. The van der Waals surface area contributed by atoms with Gasteiger partial charge in [0.05, 0.1) is 7.11 Å². The fourth-order valence-electron chi connectivity index (χ4n) is 2.81. The molecule has 0 radical (unpaired) electrons. The van der Waals surface area contributed by atoms with Crippen LogP contribution in [0.2, 0.25) is 0 Å². The van der Waals surface area contributed by atoms with Gasteiger partial charge < -0.3 is 15.4 Å². The zero-order valence-corrected chi connectivity index (χ0v) is 19.3. The number of carbonyl (C=O) groups excluding carboxylic acids is 2. The number of carbonyl (C=O) groups is 2. The van der Waals surface area contributed by atoms with Gasteiger partial charge in [0.2, 0.25) is 15.9 Å². The third-order valence-corrected chi connectivity index (χ3v) is 6.40. The van der Waals surface area contributed by atoms with Gasteiger partial charge in [0, 0.05) is 25.5 Å². The maximum Gasteiger partial charge on any atom is 0.325 e. The highest BCUT2D eigenvalue weighted by Gasteiger charge is 2.24. The highest BCUT2D eigenvalue weighted by molar-refractivity contribution is 7.89. The molecule has 0 aromatic heterocycles. The van der Waals surface area contributed by atoms with Gasteiger partial charge in [-0.2, -0.15) is 0 Å². The first-order valence-corrected chi connectivity index (χ1v) is 11.0. The van der Waals surface area contributed by atoms with E-state index in [4.69, 9.17) is 4.74 Å². The van der Waals surface area contributed by atoms with Crippen LogP contribution in [0, 0.1) is 13.8 Å². The van der Waals surface area contributed by atoms with E-state index in [1.807, 2.05) is 26.0 Å². The minimum absolute atomic E-state index is 0.0369. The zero-order valence-electron chi connectivity index (χ0n) is 18.4. The van der Waals surface area contributed by atoms with Crippen LogP contribution in [-0.4, -0.2) is 51.9 Å². The highest BCUT2D eigenvalue weighted by atomic mass is 32.2. The first-order chi connectivity index (χ1) is 14.4. The summed E-state index contributed by atoms with van der Waals surface area (Å²) in [4.78, 5) is 24.6. The number of ether oxygens (including phenoxy) is 1. The van der Waals surface area contributed by atoms with Crippen molar-refractivity contribution in [1.82, 2.24) is 9.62 Å². The molecule has 3 N–H and O–H groups in total. The van der Waals surface area contributed by atoms with Crippen molar-refractivity contribution in [2.45, 2.75) is 31.7 Å². The van der Waals surface area contributed by atoms with E-state index < -0.39 is 28.0 Å². The van der Waals surface area contributed by atoms with Crippen molar-refractivity contribution in [2.75, 3.05) is 31.8 Å². The van der Waals surface area contributed by atoms with E-state index in [1.165, 1.54) is 33.3 Å². The molecule has 0 aliphatic heterocycles. The monoisotopic (exact) mass is 448 g/mol. The molecular weight excluding hydrogens is 420 g/mol. The third-order valence-electron chi connectivity index (χ3n) is 4.57. The minimum Gasteiger partial charge on any atom is -0.495 e. The Labute approximate surface area is 182 Å². The van der Waals surface area contributed by atoms with Crippen LogP contribution in [0.1, 0.15) is 18.1 Å². The molecule has 0 unspecified atom stereocenters. The Balaban J connectivity index is 2.09. The number of nitrogens with one attached hydrogen (secondary N) is 3. The van der Waals surface area contributed by atoms with Crippen molar-refractivity contribution in [3.63, 3.8) is 0 Å². The van der Waals surface area contributed by atoms with Crippen molar-refractivity contribution in [1.29, 1.82) is 0 Å². The number of amides is 3. The average molecular weight is 449 g/mol. The van der Waals surface area contributed by atoms with Crippen LogP contribution in [0.5, 0.6) is 5.75 Å². The molecule has 0 saturated carbocycles. The van der Waals surface area contributed by atoms with Gasteiger partial charge in [-0.15, -0.1) is 0 Å². The summed E-state index contributed by atoms with van der Waals surface area (Å²) >= 11 is 0. The maximum atomic E-state index is 12.5. The summed E-state index contributed by atoms with van der Waals surface area (Å²) in [5, 5.41) is 7.82. The minimum atomic E-state index is -3.76. The first-order valence-electron chi connectivity index (χ1n) is 9.52. The van der Waals surface area contributed by atoms with Gasteiger partial charge in [-0.1, -0.05) is 17.7 Å². The number of anilines is 2. The first kappa shape index (κ1) is 24.2. The number of rotatable bonds is 7. The number of benzene rings is 2. The largest absolute Gasteiger partial charge is 0.495 e. The molecule has 0 aliphatic rings. The second kappa shape index (κ2) is 9.80. The molecule has 168 valence electrons. The number of hydrogen-bond acceptors (Lipinski definition) is 6. The lowest BCUT2D eigenvalue weighted by Crippen LogP contribution is -2.43. The highest BCUT2D eigenvalue weighted by Crippen LogP contribution is 2.29. The van der Waals surface area contributed by atoms with E-state index in [0.717, 1.165) is 15.4 Å². The molecule has 3 amide bonds. The Morgan fingerprint density at radius 2 is 1.74 bits per heavy atom. The lowest BCUT2D eigenvalue weighted by molar-refractivity contribution is -0.120. The van der Waals surface area contributed by atoms with Crippen molar-refractivity contribution < 1.29 is 22.7 Å². The molecule has 2 aromatic carbocycles. The van der Waals surface area contributed by atoms with Gasteiger partial charge in [0.25, 0.3) is 0 Å². The molecule has 0 spiro atoms. The molecular formula is C21H28N4O5S. The van der Waals surface area contributed by atoms with E-state index in [0.29, 0.717) is 11.4 Å². The number of sulfonamides is 1. The zero-order chi connectivity index (χ0) is 23.3. The number of imide groups is 1. The van der Waals surface area contributed by atoms with Crippen LogP contribution >= 0.6 is 0 Å². The van der Waals surface area contributed by atoms with Gasteiger partial charge in [-0.05, 0) is 50.6 Å². The second-order valence-electron chi connectivity index (χ2n) is 7.28. The smallest absolute Gasteiger partial charge is 0.325 e. The van der Waals surface area contributed by atoms with Crippen LogP contribution in [0.4, 0.5) is 16.2 Å². The van der Waals surface area contributed by atoms with Crippen molar-refractivity contribution >= 4 is 33.3 Å². The Morgan fingerprint density at radius 3 is 2.32 bits per heavy atom. The molecule has 9 nitrogen and oxygen atoms in total. The van der Waals surface area contributed by atoms with E-state index in [9.17, 15) is 18.0 Å². The summed E-state index contributed by atoms with van der Waals surface area (Å²) in [7, 11) is 0.453. The SMILES string of the molecule is COc1ccc(N[C@@H](C)C(=O)NC(=O)Nc2ccc(C)cc2C)cc1S(=O)(=O)N(C)C. The van der Waals surface area contributed by atoms with E-state index in [2.05, 4.69) is 16.0 Å². The Bertz CT molecular complexity index is 1080. The van der Waals surface area contributed by atoms with Gasteiger partial charge >= 0.3 is 6.03 Å². The number of hydrogen-bond donors (Lipinski definition) is 3. The van der Waals surface area contributed by atoms with Crippen LogP contribution in [0.15, 0.2) is 41.3 Å². The van der Waals surface area contributed by atoms with Crippen LogP contribution in [0.25, 0.3) is 0 Å². The molecule has 0 fully saturated rings. The summed E-state index contributed by atoms with van der Waals surface area (Å²) in [5.41, 5.74) is 2.93. The normalized spacial score (nSPS) is 12.2. The lowest BCUT2D eigenvalue weighted by atomic mass is 10.1. The lowest BCUT2D eigenvalue weighted by Gasteiger charge is -2.18. The summed E-state index contributed by atoms with van der Waals surface area (Å²) < 4.78 is 31.3. The number of aryl methyl sites for hydroxylation is 2. The molecule has 2 rings (SSSR count). The summed E-state index contributed by atoms with van der Waals surface area (Å²) in [5.74, 6) is -0.390. The van der Waals surface area contributed by atoms with E-state index in [1.54, 1.807) is 19.1 Å². The standard InChI is InChI=1S/C21H28N4O5S/c1-13-7-9-17(14(2)11-13)23-21(27)24-20(26)15(3)22-16-8-10-18(30-6)19(12-16)31(28,29)25(4)5/h7-12,15,22H,1-6H3,(H2,23,24,26,27)/t15-/m0/s1. The van der Waals surface area contributed by atoms with Crippen molar-refractivity contribution in [2.24, 2.45) is 0 Å². The average Bonchev–Trinajstić information content (AvgIpc) is 2.69. The molecule has 0 heterocycles. The molecule has 2 aromatic rings. The van der Waals surface area contributed by atoms with Crippen LogP contribution in [0.3, 0.4) is 0 Å². The molecule has 0 saturated heterocycles. The topological polar surface area (TPSA) is 117 Å². The van der Waals surface area contributed by atoms with E-state index in [-0.39, 0.29) is 10.6 Å². The summed E-state index contributed by atoms with van der Waals surface area (Å²) in [6, 6.07) is 8.55. The molecule has 31 heavy (non-hydrogen) atoms. The van der Waals surface area contributed by atoms with Gasteiger partial charge in [-0.25, -0.2) is 17.5 Å². The number of urea groups is 1. The predicted molar refractivity (Wildman–Crippen MR) is 120 cm³/mol. The fourth-order valence-corrected chi connectivity index (χ4v) is 3.88. The summed E-state index contributed by atoms with van der Waals surface area (Å²) in [6.07, 6.45) is 0. The van der Waals surface area contributed by atoms with E-state index >= 15 is 0 Å². The fraction of sp³-hybridized carbons (Fsp3) is 0.333. The number of nitrogens with zero attached hydrogens (tertiary/aromatic N) is 1. The van der Waals surface area contributed by atoms with Crippen molar-refractivity contribution in [3.8, 4) is 5.75 Å². The molecule has 1 atom stereocenters. The maximum absolute atomic E-state index is 12.5. The second-order valence-corrected chi connectivity index (χ2v) is 9.40. The Kier molecular flexibility index (Phi) is 7.64. The van der Waals surface area contributed by atoms with Crippen molar-refractivity contribution in [3.05, 3.63) is 47.5 Å². The molecule has 0 bridgehead atoms. The predicted octanol–water partition coefficient (Wildman–Crippen LogP) is 2.71. The van der Waals surface area contributed by atoms with Gasteiger partial charge in [0.15, 0.2) is 0 Å². The molecule has 0 aliphatic carbocycles. The quantitative estimate of drug-likeness (QED) is 0.600. The summed E-state index contributed by atoms with van der Waals surface area (Å²) in [6.45, 7) is 5.36. The van der Waals surface area contributed by atoms with Crippen LogP contribution in [-0.2, 0) is 14.8 Å². The van der Waals surface area contributed by atoms with Crippen LogP contribution < -0.4 is 20.7 Å².